The van der Waals surface area contributed by atoms with Gasteiger partial charge in [-0.05, 0) is 12.8 Å². The Labute approximate surface area is 110 Å². The molecule has 19 heavy (non-hydrogen) atoms. The molecule has 0 aromatic carbocycles. The van der Waals surface area contributed by atoms with E-state index >= 15 is 0 Å². The molecule has 0 bridgehead atoms. The van der Waals surface area contributed by atoms with Gasteiger partial charge in [0.25, 0.3) is 5.91 Å². The van der Waals surface area contributed by atoms with Crippen LogP contribution in [0.25, 0.3) is 0 Å². The molecule has 2 rings (SSSR count). The Morgan fingerprint density at radius 2 is 2.42 bits per heavy atom. The van der Waals surface area contributed by atoms with Crippen LogP contribution in [0.5, 0.6) is 0 Å². The average molecular weight is 268 g/mol. The fraction of sp³-hybridized carbons (Fsp3) is 0.583. The van der Waals surface area contributed by atoms with Crippen LogP contribution < -0.4 is 0 Å². The summed E-state index contributed by atoms with van der Waals surface area (Å²) >= 11 is 0. The first-order chi connectivity index (χ1) is 9.11. The highest BCUT2D eigenvalue weighted by Crippen LogP contribution is 2.19. The maximum Gasteiger partial charge on any atom is 0.308 e. The lowest BCUT2D eigenvalue weighted by atomic mass is 9.98. The van der Waals surface area contributed by atoms with Crippen molar-refractivity contribution in [3.63, 3.8) is 0 Å². The standard InChI is InChI=1S/C12H16N2O5/c1-18-7-9-5-10(13-19-9)11(15)14-4-2-3-8(6-14)12(16)17/h5,8H,2-4,6-7H2,1H3,(H,16,17). The van der Waals surface area contributed by atoms with Crippen molar-refractivity contribution in [2.45, 2.75) is 19.4 Å². The minimum Gasteiger partial charge on any atom is -0.481 e. The third-order valence-corrected chi connectivity index (χ3v) is 3.12. The lowest BCUT2D eigenvalue weighted by molar-refractivity contribution is -0.143. The van der Waals surface area contributed by atoms with E-state index in [1.807, 2.05) is 0 Å². The van der Waals surface area contributed by atoms with Gasteiger partial charge in [-0.2, -0.15) is 0 Å². The van der Waals surface area contributed by atoms with Crippen LogP contribution in [0.2, 0.25) is 0 Å². The van der Waals surface area contributed by atoms with E-state index in [1.165, 1.54) is 18.1 Å². The predicted octanol–water partition coefficient (Wildman–Crippen LogP) is 0.758. The van der Waals surface area contributed by atoms with Crippen molar-refractivity contribution in [3.05, 3.63) is 17.5 Å². The van der Waals surface area contributed by atoms with E-state index < -0.39 is 11.9 Å². The molecule has 7 heteroatoms. The molecule has 1 saturated heterocycles. The van der Waals surface area contributed by atoms with Gasteiger partial charge < -0.3 is 19.3 Å². The van der Waals surface area contributed by atoms with Crippen molar-refractivity contribution in [2.75, 3.05) is 20.2 Å². The highest BCUT2D eigenvalue weighted by atomic mass is 16.5. The minimum absolute atomic E-state index is 0.193. The Balaban J connectivity index is 2.03. The first kappa shape index (κ1) is 13.5. The van der Waals surface area contributed by atoms with Crippen molar-refractivity contribution >= 4 is 11.9 Å². The van der Waals surface area contributed by atoms with Gasteiger partial charge in [-0.1, -0.05) is 5.16 Å². The summed E-state index contributed by atoms with van der Waals surface area (Å²) < 4.78 is 9.83. The molecule has 1 unspecified atom stereocenters. The maximum atomic E-state index is 12.2. The molecule has 2 heterocycles. The zero-order valence-corrected chi connectivity index (χ0v) is 10.7. The second-order valence-corrected chi connectivity index (χ2v) is 4.54. The number of carboxylic acid groups (broad SMARTS) is 1. The van der Waals surface area contributed by atoms with Crippen molar-refractivity contribution in [1.82, 2.24) is 10.1 Å². The molecule has 0 saturated carbocycles. The van der Waals surface area contributed by atoms with Crippen LogP contribution in [0, 0.1) is 5.92 Å². The van der Waals surface area contributed by atoms with Crippen LogP contribution in [-0.4, -0.2) is 47.2 Å². The maximum absolute atomic E-state index is 12.2. The van der Waals surface area contributed by atoms with Gasteiger partial charge in [0.05, 0.1) is 5.92 Å². The van der Waals surface area contributed by atoms with E-state index in [9.17, 15) is 9.59 Å². The van der Waals surface area contributed by atoms with E-state index in [2.05, 4.69) is 5.16 Å². The second kappa shape index (κ2) is 5.83. The number of likely N-dealkylation sites (tertiary alicyclic amines) is 1. The molecule has 1 atom stereocenters. The van der Waals surface area contributed by atoms with Crippen LogP contribution in [0.3, 0.4) is 0 Å². The number of carboxylic acids is 1. The molecule has 0 radical (unpaired) electrons. The summed E-state index contributed by atoms with van der Waals surface area (Å²) in [5.41, 5.74) is 0.193. The van der Waals surface area contributed by atoms with Gasteiger partial charge in [0.15, 0.2) is 11.5 Å². The molecule has 1 aliphatic heterocycles. The van der Waals surface area contributed by atoms with E-state index in [0.717, 1.165) is 0 Å². The minimum atomic E-state index is -0.863. The monoisotopic (exact) mass is 268 g/mol. The molecule has 0 spiro atoms. The zero-order valence-electron chi connectivity index (χ0n) is 10.7. The van der Waals surface area contributed by atoms with Gasteiger partial charge in [0.2, 0.25) is 0 Å². The van der Waals surface area contributed by atoms with E-state index in [4.69, 9.17) is 14.4 Å². The zero-order chi connectivity index (χ0) is 13.8. The summed E-state index contributed by atoms with van der Waals surface area (Å²) in [7, 11) is 1.52. The summed E-state index contributed by atoms with van der Waals surface area (Å²) in [6.07, 6.45) is 1.29. The van der Waals surface area contributed by atoms with Gasteiger partial charge in [0.1, 0.15) is 6.61 Å². The molecule has 1 fully saturated rings. The van der Waals surface area contributed by atoms with E-state index in [0.29, 0.717) is 25.1 Å². The fourth-order valence-electron chi connectivity index (χ4n) is 2.15. The number of ether oxygens (including phenoxy) is 1. The van der Waals surface area contributed by atoms with Crippen LogP contribution >= 0.6 is 0 Å². The van der Waals surface area contributed by atoms with Crippen LogP contribution in [0.1, 0.15) is 29.1 Å². The summed E-state index contributed by atoms with van der Waals surface area (Å²) in [5, 5.41) is 12.7. The SMILES string of the molecule is COCc1cc(C(=O)N2CCCC(C(=O)O)C2)no1. The topological polar surface area (TPSA) is 92.9 Å². The number of amides is 1. The van der Waals surface area contributed by atoms with Crippen molar-refractivity contribution in [1.29, 1.82) is 0 Å². The van der Waals surface area contributed by atoms with Gasteiger partial charge in [-0.15, -0.1) is 0 Å². The first-order valence-electron chi connectivity index (χ1n) is 6.08. The number of hydrogen-bond acceptors (Lipinski definition) is 5. The number of aliphatic carboxylic acids is 1. The number of methoxy groups -OCH3 is 1. The Hall–Kier alpha value is -1.89. The third-order valence-electron chi connectivity index (χ3n) is 3.12. The molecule has 0 aliphatic carbocycles. The van der Waals surface area contributed by atoms with Gasteiger partial charge in [0, 0.05) is 26.3 Å². The molecule has 7 nitrogen and oxygen atoms in total. The first-order valence-corrected chi connectivity index (χ1v) is 6.08. The Kier molecular flexibility index (Phi) is 4.16. The normalized spacial score (nSPS) is 19.4. The molecule has 1 N–H and O–H groups in total. The lowest BCUT2D eigenvalue weighted by Gasteiger charge is -2.29. The molecule has 1 aliphatic rings. The number of rotatable bonds is 4. The molecule has 1 aromatic heterocycles. The smallest absolute Gasteiger partial charge is 0.308 e. The highest BCUT2D eigenvalue weighted by Gasteiger charge is 2.29. The number of aromatic nitrogens is 1. The number of piperidine rings is 1. The van der Waals surface area contributed by atoms with Crippen LogP contribution in [-0.2, 0) is 16.1 Å². The Morgan fingerprint density at radius 1 is 1.63 bits per heavy atom. The van der Waals surface area contributed by atoms with Crippen LogP contribution in [0.4, 0.5) is 0 Å². The number of nitrogens with zero attached hydrogens (tertiary/aromatic N) is 2. The number of carbonyl (C=O) groups is 2. The summed E-state index contributed by atoms with van der Waals surface area (Å²) in [4.78, 5) is 24.6. The number of hydrogen-bond donors (Lipinski definition) is 1. The second-order valence-electron chi connectivity index (χ2n) is 4.54. The quantitative estimate of drug-likeness (QED) is 0.866. The molecular weight excluding hydrogens is 252 g/mol. The molecule has 1 amide bonds. The van der Waals surface area contributed by atoms with Crippen molar-refractivity contribution in [2.24, 2.45) is 5.92 Å². The lowest BCUT2D eigenvalue weighted by Crippen LogP contribution is -2.42. The summed E-state index contributed by atoms with van der Waals surface area (Å²) in [6, 6.07) is 1.52. The van der Waals surface area contributed by atoms with E-state index in [1.54, 1.807) is 0 Å². The molecule has 104 valence electrons. The van der Waals surface area contributed by atoms with Gasteiger partial charge in [-0.3, -0.25) is 9.59 Å². The van der Waals surface area contributed by atoms with Crippen molar-refractivity contribution < 1.29 is 24.0 Å². The Morgan fingerprint density at radius 3 is 3.11 bits per heavy atom. The summed E-state index contributed by atoms with van der Waals surface area (Å²) in [5.74, 6) is -1.18. The Bertz CT molecular complexity index is 470. The van der Waals surface area contributed by atoms with Gasteiger partial charge in [-0.25, -0.2) is 0 Å². The van der Waals surface area contributed by atoms with Crippen LogP contribution in [0.15, 0.2) is 10.6 Å². The highest BCUT2D eigenvalue weighted by molar-refractivity contribution is 5.92. The molecule has 1 aromatic rings. The predicted molar refractivity (Wildman–Crippen MR) is 63.5 cm³/mol. The fourth-order valence-corrected chi connectivity index (χ4v) is 2.15. The average Bonchev–Trinajstić information content (AvgIpc) is 2.87. The largest absolute Gasteiger partial charge is 0.481 e. The third kappa shape index (κ3) is 3.11. The number of carbonyl (C=O) groups excluding carboxylic acids is 1. The van der Waals surface area contributed by atoms with E-state index in [-0.39, 0.29) is 24.8 Å². The van der Waals surface area contributed by atoms with Crippen molar-refractivity contribution in [3.8, 4) is 0 Å². The van der Waals surface area contributed by atoms with Gasteiger partial charge >= 0.3 is 5.97 Å². The summed E-state index contributed by atoms with van der Waals surface area (Å²) in [6.45, 7) is 1.02. The molecular formula is C12H16N2O5.